The molecule has 0 aromatic carbocycles. The third-order valence-electron chi connectivity index (χ3n) is 3.00. The van der Waals surface area contributed by atoms with Crippen LogP contribution in [-0.2, 0) is 9.53 Å². The van der Waals surface area contributed by atoms with E-state index in [1.807, 2.05) is 0 Å². The summed E-state index contributed by atoms with van der Waals surface area (Å²) in [6.07, 6.45) is 4.53. The zero-order valence-corrected chi connectivity index (χ0v) is 8.45. The van der Waals surface area contributed by atoms with Gasteiger partial charge >= 0.3 is 5.97 Å². The molecule has 0 radical (unpaired) electrons. The van der Waals surface area contributed by atoms with Crippen LogP contribution in [-0.4, -0.2) is 12.1 Å². The van der Waals surface area contributed by atoms with Crippen molar-refractivity contribution in [2.75, 3.05) is 0 Å². The maximum Gasteiger partial charge on any atom is 0.330 e. The first-order valence-corrected chi connectivity index (χ1v) is 4.96. The van der Waals surface area contributed by atoms with E-state index >= 15 is 0 Å². The number of hydrogen-bond acceptors (Lipinski definition) is 2. The minimum Gasteiger partial charge on any atom is -0.459 e. The van der Waals surface area contributed by atoms with E-state index in [4.69, 9.17) is 4.74 Å². The van der Waals surface area contributed by atoms with Crippen molar-refractivity contribution < 1.29 is 9.53 Å². The molecule has 2 nitrogen and oxygen atoms in total. The number of rotatable bonds is 2. The van der Waals surface area contributed by atoms with Crippen molar-refractivity contribution in [3.8, 4) is 0 Å². The third-order valence-corrected chi connectivity index (χ3v) is 3.00. The van der Waals surface area contributed by atoms with Crippen LogP contribution in [0.3, 0.4) is 0 Å². The van der Waals surface area contributed by atoms with Crippen LogP contribution >= 0.6 is 0 Å². The third kappa shape index (κ3) is 2.87. The Morgan fingerprint density at radius 1 is 1.38 bits per heavy atom. The minimum atomic E-state index is -0.285. The quantitative estimate of drug-likeness (QED) is 0.484. The fraction of sp³-hybridized carbons (Fsp3) is 0.727. The summed E-state index contributed by atoms with van der Waals surface area (Å²) in [5.41, 5.74) is 0. The highest BCUT2D eigenvalue weighted by Crippen LogP contribution is 2.30. The summed E-state index contributed by atoms with van der Waals surface area (Å²) >= 11 is 0. The van der Waals surface area contributed by atoms with Crippen molar-refractivity contribution >= 4 is 5.97 Å². The second-order valence-electron chi connectivity index (χ2n) is 4.03. The molecule has 0 bridgehead atoms. The van der Waals surface area contributed by atoms with Gasteiger partial charge in [0.25, 0.3) is 0 Å². The van der Waals surface area contributed by atoms with Crippen LogP contribution in [0.1, 0.15) is 33.1 Å². The fourth-order valence-electron chi connectivity index (χ4n) is 1.82. The fourth-order valence-corrected chi connectivity index (χ4v) is 1.82. The van der Waals surface area contributed by atoms with E-state index in [-0.39, 0.29) is 12.1 Å². The molecule has 0 spiro atoms. The average Bonchev–Trinajstić information content (AvgIpc) is 2.11. The zero-order valence-electron chi connectivity index (χ0n) is 8.45. The minimum absolute atomic E-state index is 0.122. The molecule has 3 unspecified atom stereocenters. The number of hydrogen-bond donors (Lipinski definition) is 0. The molecule has 0 saturated heterocycles. The van der Waals surface area contributed by atoms with Gasteiger partial charge in [0.1, 0.15) is 6.10 Å². The SMILES string of the molecule is C=CC(=O)OC1CCC(C)C(C)C1. The normalized spacial score (nSPS) is 33.8. The lowest BCUT2D eigenvalue weighted by Gasteiger charge is -2.31. The molecular weight excluding hydrogens is 164 g/mol. The molecule has 3 atom stereocenters. The molecule has 0 aromatic heterocycles. The second-order valence-corrected chi connectivity index (χ2v) is 4.03. The Balaban J connectivity index is 2.37. The first-order valence-electron chi connectivity index (χ1n) is 4.96. The zero-order chi connectivity index (χ0) is 9.84. The molecule has 0 amide bonds. The maximum absolute atomic E-state index is 10.9. The van der Waals surface area contributed by atoms with Gasteiger partial charge in [0, 0.05) is 6.08 Å². The van der Waals surface area contributed by atoms with E-state index in [0.29, 0.717) is 5.92 Å². The first-order chi connectivity index (χ1) is 6.13. The van der Waals surface area contributed by atoms with Crippen molar-refractivity contribution in [3.63, 3.8) is 0 Å². The monoisotopic (exact) mass is 182 g/mol. The van der Waals surface area contributed by atoms with Crippen molar-refractivity contribution in [3.05, 3.63) is 12.7 Å². The van der Waals surface area contributed by atoms with Gasteiger partial charge in [0.2, 0.25) is 0 Å². The lowest BCUT2D eigenvalue weighted by atomic mass is 9.80. The second kappa shape index (κ2) is 4.45. The van der Waals surface area contributed by atoms with Crippen molar-refractivity contribution in [1.29, 1.82) is 0 Å². The summed E-state index contributed by atoms with van der Waals surface area (Å²) in [7, 11) is 0. The summed E-state index contributed by atoms with van der Waals surface area (Å²) in [5, 5.41) is 0. The van der Waals surface area contributed by atoms with Crippen LogP contribution in [0, 0.1) is 11.8 Å². The number of carbonyl (C=O) groups is 1. The molecule has 1 aliphatic rings. The largest absolute Gasteiger partial charge is 0.459 e. The molecule has 1 saturated carbocycles. The van der Waals surface area contributed by atoms with Crippen molar-refractivity contribution in [2.45, 2.75) is 39.2 Å². The van der Waals surface area contributed by atoms with Crippen molar-refractivity contribution in [2.24, 2.45) is 11.8 Å². The Morgan fingerprint density at radius 3 is 2.62 bits per heavy atom. The Morgan fingerprint density at radius 2 is 2.08 bits per heavy atom. The van der Waals surface area contributed by atoms with Crippen LogP contribution in [0.25, 0.3) is 0 Å². The summed E-state index contributed by atoms with van der Waals surface area (Å²) in [6, 6.07) is 0. The van der Waals surface area contributed by atoms with Gasteiger partial charge in [-0.3, -0.25) is 0 Å². The summed E-state index contributed by atoms with van der Waals surface area (Å²) in [5.74, 6) is 1.14. The van der Waals surface area contributed by atoms with Gasteiger partial charge in [0.05, 0.1) is 0 Å². The Bertz CT molecular complexity index is 198. The molecule has 2 heteroatoms. The summed E-state index contributed by atoms with van der Waals surface area (Å²) < 4.78 is 5.20. The standard InChI is InChI=1S/C11H18O2/c1-4-11(12)13-10-6-5-8(2)9(3)7-10/h4,8-10H,1,5-7H2,2-3H3. The van der Waals surface area contributed by atoms with E-state index in [0.717, 1.165) is 25.2 Å². The van der Waals surface area contributed by atoms with Crippen LogP contribution in [0.4, 0.5) is 0 Å². The molecule has 74 valence electrons. The van der Waals surface area contributed by atoms with Crippen LogP contribution < -0.4 is 0 Å². The highest BCUT2D eigenvalue weighted by molar-refractivity contribution is 5.81. The van der Waals surface area contributed by atoms with Crippen molar-refractivity contribution in [1.82, 2.24) is 0 Å². The van der Waals surface area contributed by atoms with Gasteiger partial charge in [-0.2, -0.15) is 0 Å². The predicted molar refractivity (Wildman–Crippen MR) is 52.3 cm³/mol. The smallest absolute Gasteiger partial charge is 0.330 e. The van der Waals surface area contributed by atoms with Gasteiger partial charge < -0.3 is 4.74 Å². The average molecular weight is 182 g/mol. The molecule has 0 heterocycles. The molecular formula is C11H18O2. The van der Waals surface area contributed by atoms with Gasteiger partial charge in [-0.15, -0.1) is 0 Å². The maximum atomic E-state index is 10.9. The number of ether oxygens (including phenoxy) is 1. The molecule has 0 aliphatic heterocycles. The molecule has 13 heavy (non-hydrogen) atoms. The van der Waals surface area contributed by atoms with E-state index in [2.05, 4.69) is 20.4 Å². The Labute approximate surface area is 80.0 Å². The van der Waals surface area contributed by atoms with Gasteiger partial charge in [-0.1, -0.05) is 20.4 Å². The Kier molecular flexibility index (Phi) is 3.52. The van der Waals surface area contributed by atoms with E-state index in [1.165, 1.54) is 6.08 Å². The highest BCUT2D eigenvalue weighted by Gasteiger charge is 2.26. The summed E-state index contributed by atoms with van der Waals surface area (Å²) in [4.78, 5) is 10.9. The number of esters is 1. The Hall–Kier alpha value is -0.790. The van der Waals surface area contributed by atoms with Crippen LogP contribution in [0.2, 0.25) is 0 Å². The molecule has 0 N–H and O–H groups in total. The van der Waals surface area contributed by atoms with Gasteiger partial charge in [-0.25, -0.2) is 4.79 Å². The summed E-state index contributed by atoms with van der Waals surface area (Å²) in [6.45, 7) is 7.87. The van der Waals surface area contributed by atoms with Crippen LogP contribution in [0.5, 0.6) is 0 Å². The predicted octanol–water partition coefficient (Wildman–Crippen LogP) is 2.54. The van der Waals surface area contributed by atoms with Gasteiger partial charge in [0.15, 0.2) is 0 Å². The van der Waals surface area contributed by atoms with Gasteiger partial charge in [-0.05, 0) is 31.1 Å². The molecule has 1 rings (SSSR count). The molecule has 1 aliphatic carbocycles. The van der Waals surface area contributed by atoms with E-state index < -0.39 is 0 Å². The van der Waals surface area contributed by atoms with E-state index in [9.17, 15) is 4.79 Å². The van der Waals surface area contributed by atoms with Crippen LogP contribution in [0.15, 0.2) is 12.7 Å². The topological polar surface area (TPSA) is 26.3 Å². The molecule has 0 aromatic rings. The highest BCUT2D eigenvalue weighted by atomic mass is 16.5. The lowest BCUT2D eigenvalue weighted by molar-refractivity contribution is -0.145. The number of carbonyl (C=O) groups excluding carboxylic acids is 1. The van der Waals surface area contributed by atoms with E-state index in [1.54, 1.807) is 0 Å². The first kappa shape index (κ1) is 10.3. The molecule has 1 fully saturated rings. The lowest BCUT2D eigenvalue weighted by Crippen LogP contribution is -2.28.